The molecule has 1 aliphatic rings. The highest BCUT2D eigenvalue weighted by atomic mass is 32.2. The fraction of sp³-hybridized carbons (Fsp3) is 0.556. The Morgan fingerprint density at radius 1 is 1.23 bits per heavy atom. The molecule has 0 spiro atoms. The number of piperidine rings is 1. The van der Waals surface area contributed by atoms with Gasteiger partial charge >= 0.3 is 5.97 Å². The van der Waals surface area contributed by atoms with Crippen LogP contribution in [0.2, 0.25) is 0 Å². The third-order valence-electron chi connectivity index (χ3n) is 4.55. The molecule has 8 heteroatoms. The van der Waals surface area contributed by atoms with Crippen LogP contribution >= 0.6 is 0 Å². The summed E-state index contributed by atoms with van der Waals surface area (Å²) >= 11 is 0. The van der Waals surface area contributed by atoms with Gasteiger partial charge in [0.25, 0.3) is 5.91 Å². The molecule has 1 atom stereocenters. The van der Waals surface area contributed by atoms with Crippen molar-refractivity contribution in [1.29, 1.82) is 0 Å². The van der Waals surface area contributed by atoms with Crippen LogP contribution < -0.4 is 5.32 Å². The van der Waals surface area contributed by atoms with Gasteiger partial charge in [-0.2, -0.15) is 0 Å². The molecular formula is C18H26N2O5S. The van der Waals surface area contributed by atoms with Crippen molar-refractivity contribution in [2.75, 3.05) is 24.7 Å². The van der Waals surface area contributed by atoms with E-state index >= 15 is 0 Å². The number of amides is 1. The average Bonchev–Trinajstić information content (AvgIpc) is 2.61. The lowest BCUT2D eigenvalue weighted by Gasteiger charge is -2.29. The van der Waals surface area contributed by atoms with Gasteiger partial charge in [-0.15, -0.1) is 0 Å². The van der Waals surface area contributed by atoms with E-state index in [-0.39, 0.29) is 5.92 Å². The Bertz CT molecular complexity index is 737. The van der Waals surface area contributed by atoms with E-state index in [9.17, 15) is 18.0 Å². The Morgan fingerprint density at radius 2 is 1.81 bits per heavy atom. The first-order chi connectivity index (χ1) is 12.2. The van der Waals surface area contributed by atoms with Crippen molar-refractivity contribution < 1.29 is 22.7 Å². The summed E-state index contributed by atoms with van der Waals surface area (Å²) < 4.78 is 29.6. The zero-order valence-corrected chi connectivity index (χ0v) is 16.2. The summed E-state index contributed by atoms with van der Waals surface area (Å²) in [6, 6.07) is 7.49. The van der Waals surface area contributed by atoms with Crippen molar-refractivity contribution in [2.45, 2.75) is 39.2 Å². The number of esters is 1. The van der Waals surface area contributed by atoms with Gasteiger partial charge in [-0.05, 0) is 43.9 Å². The minimum absolute atomic E-state index is 0.295. The van der Waals surface area contributed by atoms with Gasteiger partial charge in [-0.1, -0.05) is 19.1 Å². The van der Waals surface area contributed by atoms with E-state index in [0.29, 0.717) is 31.6 Å². The van der Waals surface area contributed by atoms with E-state index < -0.39 is 28.0 Å². The Kier molecular flexibility index (Phi) is 6.77. The molecule has 1 aliphatic heterocycles. The molecule has 144 valence electrons. The summed E-state index contributed by atoms with van der Waals surface area (Å²) in [4.78, 5) is 24.4. The van der Waals surface area contributed by atoms with Gasteiger partial charge in [-0.3, -0.25) is 9.59 Å². The molecule has 0 aromatic heterocycles. The maximum absolute atomic E-state index is 12.2. The van der Waals surface area contributed by atoms with Crippen molar-refractivity contribution in [3.63, 3.8) is 0 Å². The number of hydrogen-bond acceptors (Lipinski definition) is 5. The molecule has 1 saturated heterocycles. The van der Waals surface area contributed by atoms with Crippen LogP contribution in [0.1, 0.15) is 32.3 Å². The van der Waals surface area contributed by atoms with E-state index in [1.165, 1.54) is 16.8 Å². The molecule has 7 nitrogen and oxygen atoms in total. The minimum Gasteiger partial charge on any atom is -0.452 e. The van der Waals surface area contributed by atoms with Gasteiger partial charge in [0.2, 0.25) is 10.0 Å². The first-order valence-electron chi connectivity index (χ1n) is 8.76. The van der Waals surface area contributed by atoms with Gasteiger partial charge in [0, 0.05) is 18.8 Å². The molecule has 0 radical (unpaired) electrons. The second-order valence-corrected chi connectivity index (χ2v) is 8.54. The lowest BCUT2D eigenvalue weighted by atomic mass is 9.98. The number of aryl methyl sites for hydroxylation is 1. The Hall–Kier alpha value is -1.93. The van der Waals surface area contributed by atoms with Gasteiger partial charge in [0.05, 0.1) is 12.2 Å². The number of ether oxygens (including phenoxy) is 1. The van der Waals surface area contributed by atoms with E-state index in [1.54, 1.807) is 0 Å². The second-order valence-electron chi connectivity index (χ2n) is 6.56. The normalized spacial score (nSPS) is 17.5. The molecule has 1 heterocycles. The van der Waals surface area contributed by atoms with Gasteiger partial charge in [-0.25, -0.2) is 12.7 Å². The summed E-state index contributed by atoms with van der Waals surface area (Å²) in [5, 5.41) is 2.72. The molecule has 1 aromatic carbocycles. The van der Waals surface area contributed by atoms with Crippen LogP contribution in [0.4, 0.5) is 5.69 Å². The Morgan fingerprint density at radius 3 is 2.31 bits per heavy atom. The quantitative estimate of drug-likeness (QED) is 0.757. The summed E-state index contributed by atoms with van der Waals surface area (Å²) in [5.41, 5.74) is 1.82. The lowest BCUT2D eigenvalue weighted by molar-refractivity contribution is -0.158. The van der Waals surface area contributed by atoms with Gasteiger partial charge < -0.3 is 10.1 Å². The minimum atomic E-state index is -3.23. The number of nitrogens with one attached hydrogen (secondary N) is 1. The standard InChI is InChI=1S/C18H26N2O5S/c1-4-14-5-7-16(8-6-14)19-17(21)13(2)25-18(22)15-9-11-20(12-10-15)26(3,23)24/h5-8,13,15H,4,9-12H2,1-3H3,(H,19,21). The van der Waals surface area contributed by atoms with Crippen LogP contribution in [0.3, 0.4) is 0 Å². The van der Waals surface area contributed by atoms with E-state index in [4.69, 9.17) is 4.74 Å². The fourth-order valence-electron chi connectivity index (χ4n) is 2.81. The van der Waals surface area contributed by atoms with E-state index in [1.807, 2.05) is 24.3 Å². The third kappa shape index (κ3) is 5.54. The largest absolute Gasteiger partial charge is 0.452 e. The maximum atomic E-state index is 12.2. The molecule has 1 N–H and O–H groups in total. The number of carbonyl (C=O) groups is 2. The van der Waals surface area contributed by atoms with Crippen LogP contribution in [0.25, 0.3) is 0 Å². The smallest absolute Gasteiger partial charge is 0.309 e. The summed E-state index contributed by atoms with van der Waals surface area (Å²) in [5.74, 6) is -1.23. The number of sulfonamides is 1. The van der Waals surface area contributed by atoms with Crippen LogP contribution in [0.5, 0.6) is 0 Å². The van der Waals surface area contributed by atoms with E-state index in [0.717, 1.165) is 12.7 Å². The van der Waals surface area contributed by atoms with Crippen LogP contribution in [0.15, 0.2) is 24.3 Å². The predicted molar refractivity (Wildman–Crippen MR) is 99.1 cm³/mol. The highest BCUT2D eigenvalue weighted by Crippen LogP contribution is 2.21. The molecule has 0 aliphatic carbocycles. The molecule has 1 amide bonds. The molecule has 0 bridgehead atoms. The lowest BCUT2D eigenvalue weighted by Crippen LogP contribution is -2.41. The highest BCUT2D eigenvalue weighted by Gasteiger charge is 2.31. The molecule has 1 fully saturated rings. The SMILES string of the molecule is CCc1ccc(NC(=O)C(C)OC(=O)C2CCN(S(C)(=O)=O)CC2)cc1. The summed E-state index contributed by atoms with van der Waals surface area (Å²) in [6.07, 6.45) is 1.96. The number of nitrogens with zero attached hydrogens (tertiary/aromatic N) is 1. The Balaban J connectivity index is 1.83. The van der Waals surface area contributed by atoms with Crippen molar-refractivity contribution in [3.8, 4) is 0 Å². The molecule has 26 heavy (non-hydrogen) atoms. The second kappa shape index (κ2) is 8.64. The molecular weight excluding hydrogens is 356 g/mol. The highest BCUT2D eigenvalue weighted by molar-refractivity contribution is 7.88. The monoisotopic (exact) mass is 382 g/mol. The first kappa shape index (κ1) is 20.4. The van der Waals surface area contributed by atoms with Crippen molar-refractivity contribution in [2.24, 2.45) is 5.92 Å². The fourth-order valence-corrected chi connectivity index (χ4v) is 3.69. The maximum Gasteiger partial charge on any atom is 0.309 e. The van der Waals surface area contributed by atoms with Crippen molar-refractivity contribution >= 4 is 27.6 Å². The topological polar surface area (TPSA) is 92.8 Å². The van der Waals surface area contributed by atoms with Gasteiger partial charge in [0.1, 0.15) is 0 Å². The van der Waals surface area contributed by atoms with Gasteiger partial charge in [0.15, 0.2) is 6.10 Å². The van der Waals surface area contributed by atoms with Crippen molar-refractivity contribution in [1.82, 2.24) is 4.31 Å². The van der Waals surface area contributed by atoms with E-state index in [2.05, 4.69) is 12.2 Å². The molecule has 1 aromatic rings. The summed E-state index contributed by atoms with van der Waals surface area (Å²) in [7, 11) is -3.23. The number of anilines is 1. The van der Waals surface area contributed by atoms with Crippen LogP contribution in [0, 0.1) is 5.92 Å². The molecule has 2 rings (SSSR count). The molecule has 1 unspecified atom stereocenters. The first-order valence-corrected chi connectivity index (χ1v) is 10.6. The van der Waals surface area contributed by atoms with Crippen LogP contribution in [-0.4, -0.2) is 50.0 Å². The zero-order chi connectivity index (χ0) is 19.3. The predicted octanol–water partition coefficient (Wildman–Crippen LogP) is 1.79. The number of rotatable bonds is 6. The number of benzene rings is 1. The Labute approximate surface area is 154 Å². The third-order valence-corrected chi connectivity index (χ3v) is 5.85. The molecule has 0 saturated carbocycles. The summed E-state index contributed by atoms with van der Waals surface area (Å²) in [6.45, 7) is 4.17. The average molecular weight is 382 g/mol. The zero-order valence-electron chi connectivity index (χ0n) is 15.4. The van der Waals surface area contributed by atoms with Crippen LogP contribution in [-0.2, 0) is 30.8 Å². The number of carbonyl (C=O) groups excluding carboxylic acids is 2. The van der Waals surface area contributed by atoms with Crippen molar-refractivity contribution in [3.05, 3.63) is 29.8 Å². The number of hydrogen-bond donors (Lipinski definition) is 1.